The van der Waals surface area contributed by atoms with E-state index in [-0.39, 0.29) is 12.7 Å². The number of likely N-dealkylation sites (tertiary alicyclic amines) is 1. The van der Waals surface area contributed by atoms with Crippen LogP contribution in [-0.4, -0.2) is 46.5 Å². The molecule has 0 aromatic heterocycles. The molecule has 2 rings (SSSR count). The van der Waals surface area contributed by atoms with Gasteiger partial charge in [-0.2, -0.15) is 0 Å². The first kappa shape index (κ1) is 11.4. The first-order valence-electron chi connectivity index (χ1n) is 6.37. The predicted molar refractivity (Wildman–Crippen MR) is 59.7 cm³/mol. The van der Waals surface area contributed by atoms with Crippen LogP contribution in [-0.2, 0) is 0 Å². The standard InChI is InChI=1S/C12H23NO2/c14-9-10-5-2-1-3-8-13(10)11-6-4-7-12(11)15/h10-12,14-15H,1-9H2. The van der Waals surface area contributed by atoms with E-state index in [1.54, 1.807) is 0 Å². The topological polar surface area (TPSA) is 43.7 Å². The molecule has 0 aromatic rings. The Labute approximate surface area is 92.1 Å². The SMILES string of the molecule is OCC1CCCCCN1C1CCCC1O. The highest BCUT2D eigenvalue weighted by Gasteiger charge is 2.34. The van der Waals surface area contributed by atoms with Gasteiger partial charge in [0.15, 0.2) is 0 Å². The Kier molecular flexibility index (Phi) is 4.00. The average Bonchev–Trinajstić information content (AvgIpc) is 2.54. The summed E-state index contributed by atoms with van der Waals surface area (Å²) in [5.74, 6) is 0. The van der Waals surface area contributed by atoms with Crippen molar-refractivity contribution in [3.8, 4) is 0 Å². The van der Waals surface area contributed by atoms with Gasteiger partial charge >= 0.3 is 0 Å². The predicted octanol–water partition coefficient (Wildman–Crippen LogP) is 1.14. The van der Waals surface area contributed by atoms with Crippen molar-refractivity contribution in [1.82, 2.24) is 4.90 Å². The zero-order chi connectivity index (χ0) is 10.7. The fourth-order valence-electron chi connectivity index (χ4n) is 3.14. The first-order chi connectivity index (χ1) is 7.33. The van der Waals surface area contributed by atoms with E-state index >= 15 is 0 Å². The number of rotatable bonds is 2. The van der Waals surface area contributed by atoms with Gasteiger partial charge in [-0.15, -0.1) is 0 Å². The third-order valence-electron chi connectivity index (χ3n) is 4.00. The molecule has 1 aliphatic heterocycles. The molecule has 2 N–H and O–H groups in total. The lowest BCUT2D eigenvalue weighted by Crippen LogP contribution is -2.48. The van der Waals surface area contributed by atoms with Gasteiger partial charge in [-0.1, -0.05) is 12.8 Å². The molecule has 0 radical (unpaired) electrons. The van der Waals surface area contributed by atoms with Crippen LogP contribution in [0.1, 0.15) is 44.9 Å². The van der Waals surface area contributed by atoms with Crippen LogP contribution >= 0.6 is 0 Å². The first-order valence-corrected chi connectivity index (χ1v) is 6.37. The van der Waals surface area contributed by atoms with Gasteiger partial charge in [0.25, 0.3) is 0 Å². The lowest BCUT2D eigenvalue weighted by molar-refractivity contribution is 0.0250. The smallest absolute Gasteiger partial charge is 0.0695 e. The van der Waals surface area contributed by atoms with Crippen LogP contribution in [0.5, 0.6) is 0 Å². The fourth-order valence-corrected chi connectivity index (χ4v) is 3.14. The summed E-state index contributed by atoms with van der Waals surface area (Å²) in [5.41, 5.74) is 0. The Morgan fingerprint density at radius 3 is 2.53 bits per heavy atom. The second-order valence-electron chi connectivity index (χ2n) is 4.99. The maximum Gasteiger partial charge on any atom is 0.0695 e. The van der Waals surface area contributed by atoms with Gasteiger partial charge < -0.3 is 10.2 Å². The molecule has 0 bridgehead atoms. The monoisotopic (exact) mass is 213 g/mol. The Morgan fingerprint density at radius 1 is 1.00 bits per heavy atom. The van der Waals surface area contributed by atoms with E-state index in [1.807, 2.05) is 0 Å². The molecule has 3 unspecified atom stereocenters. The van der Waals surface area contributed by atoms with E-state index in [2.05, 4.69) is 4.90 Å². The average molecular weight is 213 g/mol. The number of aliphatic hydroxyl groups is 2. The molecule has 15 heavy (non-hydrogen) atoms. The largest absolute Gasteiger partial charge is 0.395 e. The third kappa shape index (κ3) is 2.52. The van der Waals surface area contributed by atoms with Crippen molar-refractivity contribution < 1.29 is 10.2 Å². The molecule has 2 fully saturated rings. The second kappa shape index (κ2) is 5.28. The van der Waals surface area contributed by atoms with E-state index in [1.165, 1.54) is 19.3 Å². The molecule has 0 aromatic carbocycles. The van der Waals surface area contributed by atoms with E-state index in [0.717, 1.165) is 32.2 Å². The molecular weight excluding hydrogens is 190 g/mol. The van der Waals surface area contributed by atoms with Crippen molar-refractivity contribution >= 4 is 0 Å². The lowest BCUT2D eigenvalue weighted by atomic mass is 10.1. The van der Waals surface area contributed by atoms with Gasteiger partial charge in [-0.05, 0) is 38.6 Å². The Hall–Kier alpha value is -0.120. The van der Waals surface area contributed by atoms with Crippen LogP contribution in [0.4, 0.5) is 0 Å². The molecule has 2 aliphatic rings. The normalized spacial score (nSPS) is 39.2. The van der Waals surface area contributed by atoms with E-state index in [0.29, 0.717) is 12.1 Å². The van der Waals surface area contributed by atoms with Gasteiger partial charge in [0.1, 0.15) is 0 Å². The highest BCUT2D eigenvalue weighted by molar-refractivity contribution is 4.89. The summed E-state index contributed by atoms with van der Waals surface area (Å²) >= 11 is 0. The number of nitrogens with zero attached hydrogens (tertiary/aromatic N) is 1. The highest BCUT2D eigenvalue weighted by atomic mass is 16.3. The van der Waals surface area contributed by atoms with Gasteiger partial charge in [0.05, 0.1) is 12.7 Å². The van der Waals surface area contributed by atoms with Gasteiger partial charge in [-0.25, -0.2) is 0 Å². The summed E-state index contributed by atoms with van der Waals surface area (Å²) in [6, 6.07) is 0.616. The molecule has 3 atom stereocenters. The molecule has 0 spiro atoms. The van der Waals surface area contributed by atoms with E-state index < -0.39 is 0 Å². The van der Waals surface area contributed by atoms with Crippen LogP contribution in [0, 0.1) is 0 Å². The van der Waals surface area contributed by atoms with E-state index in [4.69, 9.17) is 0 Å². The summed E-state index contributed by atoms with van der Waals surface area (Å²) in [5, 5.41) is 19.3. The minimum atomic E-state index is -0.155. The van der Waals surface area contributed by atoms with Crippen LogP contribution < -0.4 is 0 Å². The maximum absolute atomic E-state index is 9.92. The summed E-state index contributed by atoms with van der Waals surface area (Å²) in [6.07, 6.45) is 7.86. The summed E-state index contributed by atoms with van der Waals surface area (Å²) in [6.45, 7) is 1.32. The van der Waals surface area contributed by atoms with Crippen molar-refractivity contribution in [3.05, 3.63) is 0 Å². The van der Waals surface area contributed by atoms with Crippen LogP contribution in [0.15, 0.2) is 0 Å². The highest BCUT2D eigenvalue weighted by Crippen LogP contribution is 2.29. The Balaban J connectivity index is 2.02. The Bertz CT molecular complexity index is 198. The molecule has 3 nitrogen and oxygen atoms in total. The van der Waals surface area contributed by atoms with Gasteiger partial charge in [0.2, 0.25) is 0 Å². The zero-order valence-corrected chi connectivity index (χ0v) is 9.44. The molecule has 1 saturated carbocycles. The lowest BCUT2D eigenvalue weighted by Gasteiger charge is -2.35. The van der Waals surface area contributed by atoms with Crippen molar-refractivity contribution in [3.63, 3.8) is 0 Å². The van der Waals surface area contributed by atoms with Gasteiger partial charge in [0, 0.05) is 12.1 Å². The zero-order valence-electron chi connectivity index (χ0n) is 9.44. The molecule has 1 saturated heterocycles. The van der Waals surface area contributed by atoms with Crippen molar-refractivity contribution in [1.29, 1.82) is 0 Å². The molecule has 0 amide bonds. The van der Waals surface area contributed by atoms with Gasteiger partial charge in [-0.3, -0.25) is 4.90 Å². The fraction of sp³-hybridized carbons (Fsp3) is 1.00. The summed E-state index contributed by atoms with van der Waals surface area (Å²) in [4.78, 5) is 2.38. The molecular formula is C12H23NO2. The maximum atomic E-state index is 9.92. The summed E-state index contributed by atoms with van der Waals surface area (Å²) < 4.78 is 0. The van der Waals surface area contributed by atoms with E-state index in [9.17, 15) is 10.2 Å². The van der Waals surface area contributed by atoms with Crippen molar-refractivity contribution in [2.24, 2.45) is 0 Å². The van der Waals surface area contributed by atoms with Crippen LogP contribution in [0.25, 0.3) is 0 Å². The molecule has 1 heterocycles. The minimum absolute atomic E-state index is 0.155. The molecule has 1 aliphatic carbocycles. The number of hydrogen-bond donors (Lipinski definition) is 2. The van der Waals surface area contributed by atoms with Crippen molar-refractivity contribution in [2.75, 3.05) is 13.2 Å². The van der Waals surface area contributed by atoms with Crippen LogP contribution in [0.3, 0.4) is 0 Å². The number of hydrogen-bond acceptors (Lipinski definition) is 3. The van der Waals surface area contributed by atoms with Crippen LogP contribution in [0.2, 0.25) is 0 Å². The second-order valence-corrected chi connectivity index (χ2v) is 4.99. The number of aliphatic hydroxyl groups excluding tert-OH is 2. The minimum Gasteiger partial charge on any atom is -0.395 e. The Morgan fingerprint density at radius 2 is 1.87 bits per heavy atom. The molecule has 3 heteroatoms. The third-order valence-corrected chi connectivity index (χ3v) is 4.00. The quantitative estimate of drug-likeness (QED) is 0.723. The summed E-state index contributed by atoms with van der Waals surface area (Å²) in [7, 11) is 0. The molecule has 88 valence electrons. The van der Waals surface area contributed by atoms with Crippen molar-refractivity contribution in [2.45, 2.75) is 63.1 Å².